The van der Waals surface area contributed by atoms with Gasteiger partial charge >= 0.3 is 0 Å². The molecule has 0 bridgehead atoms. The molecule has 0 unspecified atom stereocenters. The molecule has 1 N–H and O–H groups in total. The molecule has 1 aromatic carbocycles. The normalized spacial score (nSPS) is 22.4. The molecule has 0 aromatic heterocycles. The first-order valence-electron chi connectivity index (χ1n) is 12.0. The third-order valence-corrected chi connectivity index (χ3v) is 7.11. The summed E-state index contributed by atoms with van der Waals surface area (Å²) in [5, 5.41) is 2.96. The van der Waals surface area contributed by atoms with Crippen LogP contribution in [0.2, 0.25) is 0 Å². The molecular weight excluding hydrogens is 422 g/mol. The minimum Gasteiger partial charge on any atom is -0.497 e. The number of benzene rings is 1. The van der Waals surface area contributed by atoms with Crippen LogP contribution in [0.4, 0.5) is 0 Å². The van der Waals surface area contributed by atoms with E-state index >= 15 is 0 Å². The van der Waals surface area contributed by atoms with Gasteiger partial charge in [-0.15, -0.1) is 0 Å². The Morgan fingerprint density at radius 2 is 1.82 bits per heavy atom. The largest absolute Gasteiger partial charge is 0.497 e. The number of hydrogen-bond donors (Lipinski definition) is 1. The first-order chi connectivity index (χ1) is 15.8. The molecule has 8 heteroatoms. The molecule has 3 aliphatic rings. The third kappa shape index (κ3) is 4.71. The number of amides is 3. The standard InChI is InChI=1S/C25H35N3O5/c1-17(2)15-26-22(29)21-16-33-25(11-13-27(14-12-25)23(30)18-5-4-6-18)28(21)24(31)19-7-9-20(32-3)10-8-19/h7-10,17-18,21H,4-6,11-16H2,1-3H3,(H,26,29)/t21-/m0/s1. The van der Waals surface area contributed by atoms with Crippen molar-refractivity contribution in [2.24, 2.45) is 11.8 Å². The van der Waals surface area contributed by atoms with Crippen molar-refractivity contribution in [2.75, 3.05) is 33.4 Å². The quantitative estimate of drug-likeness (QED) is 0.709. The van der Waals surface area contributed by atoms with E-state index in [0.717, 1.165) is 19.3 Å². The van der Waals surface area contributed by atoms with Gasteiger partial charge in [0, 0.05) is 44.0 Å². The molecule has 33 heavy (non-hydrogen) atoms. The van der Waals surface area contributed by atoms with Crippen molar-refractivity contribution in [3.05, 3.63) is 29.8 Å². The Morgan fingerprint density at radius 1 is 1.15 bits per heavy atom. The first-order valence-corrected chi connectivity index (χ1v) is 12.0. The summed E-state index contributed by atoms with van der Waals surface area (Å²) in [6.07, 6.45) is 4.06. The minimum absolute atomic E-state index is 0.148. The van der Waals surface area contributed by atoms with Crippen molar-refractivity contribution in [2.45, 2.75) is 57.7 Å². The number of nitrogens with one attached hydrogen (secondary N) is 1. The Bertz CT molecular complexity index is 873. The predicted molar refractivity (Wildman–Crippen MR) is 123 cm³/mol. The Labute approximate surface area is 195 Å². The molecule has 2 aliphatic heterocycles. The van der Waals surface area contributed by atoms with Crippen LogP contribution in [0.1, 0.15) is 56.3 Å². The average molecular weight is 458 g/mol. The molecule has 1 atom stereocenters. The second kappa shape index (κ2) is 9.71. The van der Waals surface area contributed by atoms with E-state index in [-0.39, 0.29) is 30.2 Å². The summed E-state index contributed by atoms with van der Waals surface area (Å²) >= 11 is 0. The number of likely N-dealkylation sites (tertiary alicyclic amines) is 1. The molecule has 2 heterocycles. The molecule has 180 valence electrons. The van der Waals surface area contributed by atoms with Crippen LogP contribution >= 0.6 is 0 Å². The Balaban J connectivity index is 1.55. The molecule has 1 aromatic rings. The zero-order valence-corrected chi connectivity index (χ0v) is 19.8. The summed E-state index contributed by atoms with van der Waals surface area (Å²) in [6, 6.07) is 6.21. The lowest BCUT2D eigenvalue weighted by atomic mass is 9.83. The van der Waals surface area contributed by atoms with Gasteiger partial charge in [-0.2, -0.15) is 0 Å². The van der Waals surface area contributed by atoms with Crippen LogP contribution in [0.25, 0.3) is 0 Å². The topological polar surface area (TPSA) is 88.2 Å². The molecule has 3 fully saturated rings. The SMILES string of the molecule is COc1ccc(C(=O)N2[C@H](C(=O)NCC(C)C)COC23CCN(C(=O)C2CCC2)CC3)cc1. The molecule has 8 nitrogen and oxygen atoms in total. The van der Waals surface area contributed by atoms with Crippen molar-refractivity contribution < 1.29 is 23.9 Å². The number of carbonyl (C=O) groups is 3. The van der Waals surface area contributed by atoms with Crippen molar-refractivity contribution >= 4 is 17.7 Å². The van der Waals surface area contributed by atoms with Gasteiger partial charge in [0.2, 0.25) is 11.8 Å². The van der Waals surface area contributed by atoms with E-state index in [1.54, 1.807) is 36.3 Å². The zero-order chi connectivity index (χ0) is 23.6. The third-order valence-electron chi connectivity index (χ3n) is 7.11. The Hall–Kier alpha value is -2.61. The van der Waals surface area contributed by atoms with Crippen molar-refractivity contribution in [3.8, 4) is 5.75 Å². The lowest BCUT2D eigenvalue weighted by molar-refractivity contribution is -0.149. The fourth-order valence-corrected chi connectivity index (χ4v) is 4.85. The summed E-state index contributed by atoms with van der Waals surface area (Å²) < 4.78 is 11.4. The van der Waals surface area contributed by atoms with Gasteiger partial charge in [0.15, 0.2) is 0 Å². The predicted octanol–water partition coefficient (Wildman–Crippen LogP) is 2.43. The first kappa shape index (κ1) is 23.5. The highest BCUT2D eigenvalue weighted by Crippen LogP contribution is 2.39. The van der Waals surface area contributed by atoms with E-state index in [1.807, 2.05) is 18.7 Å². The van der Waals surface area contributed by atoms with E-state index in [2.05, 4.69) is 5.32 Å². The Kier molecular flexibility index (Phi) is 6.93. The number of piperidine rings is 1. The van der Waals surface area contributed by atoms with Crippen LogP contribution in [0, 0.1) is 11.8 Å². The molecule has 0 radical (unpaired) electrons. The number of rotatable bonds is 6. The van der Waals surface area contributed by atoms with Gasteiger partial charge in [-0.25, -0.2) is 0 Å². The maximum Gasteiger partial charge on any atom is 0.256 e. The van der Waals surface area contributed by atoms with Crippen LogP contribution in [-0.4, -0.2) is 72.6 Å². The summed E-state index contributed by atoms with van der Waals surface area (Å²) in [5.74, 6) is 0.891. The highest BCUT2D eigenvalue weighted by Gasteiger charge is 2.54. The summed E-state index contributed by atoms with van der Waals surface area (Å²) in [7, 11) is 1.58. The van der Waals surface area contributed by atoms with Crippen LogP contribution in [0.15, 0.2) is 24.3 Å². The van der Waals surface area contributed by atoms with Crippen LogP contribution < -0.4 is 10.1 Å². The van der Waals surface area contributed by atoms with Gasteiger partial charge in [0.05, 0.1) is 13.7 Å². The number of nitrogens with zero attached hydrogens (tertiary/aromatic N) is 2. The molecule has 1 aliphatic carbocycles. The maximum absolute atomic E-state index is 13.7. The van der Waals surface area contributed by atoms with Crippen molar-refractivity contribution in [3.63, 3.8) is 0 Å². The van der Waals surface area contributed by atoms with Gasteiger partial charge in [0.1, 0.15) is 17.5 Å². The molecular formula is C25H35N3O5. The van der Waals surface area contributed by atoms with Gasteiger partial charge in [-0.1, -0.05) is 20.3 Å². The highest BCUT2D eigenvalue weighted by molar-refractivity contribution is 5.98. The maximum atomic E-state index is 13.7. The van der Waals surface area contributed by atoms with E-state index < -0.39 is 11.8 Å². The zero-order valence-electron chi connectivity index (χ0n) is 19.8. The summed E-state index contributed by atoms with van der Waals surface area (Å²) in [4.78, 5) is 43.0. The fraction of sp³-hybridized carbons (Fsp3) is 0.640. The smallest absolute Gasteiger partial charge is 0.256 e. The van der Waals surface area contributed by atoms with Gasteiger partial charge in [0.25, 0.3) is 5.91 Å². The second-order valence-electron chi connectivity index (χ2n) is 9.77. The van der Waals surface area contributed by atoms with E-state index in [4.69, 9.17) is 9.47 Å². The molecule has 3 amide bonds. The fourth-order valence-electron chi connectivity index (χ4n) is 4.85. The van der Waals surface area contributed by atoms with Gasteiger partial charge in [-0.3, -0.25) is 19.3 Å². The average Bonchev–Trinajstić information content (AvgIpc) is 3.14. The number of hydrogen-bond acceptors (Lipinski definition) is 5. The Morgan fingerprint density at radius 3 is 2.36 bits per heavy atom. The molecule has 2 saturated heterocycles. The van der Waals surface area contributed by atoms with Crippen LogP contribution in [-0.2, 0) is 14.3 Å². The van der Waals surface area contributed by atoms with Gasteiger partial charge < -0.3 is 19.7 Å². The molecule has 1 spiro atoms. The number of methoxy groups -OCH3 is 1. The number of ether oxygens (including phenoxy) is 2. The molecule has 4 rings (SSSR count). The van der Waals surface area contributed by atoms with Crippen LogP contribution in [0.3, 0.4) is 0 Å². The molecule has 1 saturated carbocycles. The minimum atomic E-state index is -0.882. The van der Waals surface area contributed by atoms with Crippen molar-refractivity contribution in [1.29, 1.82) is 0 Å². The van der Waals surface area contributed by atoms with Crippen LogP contribution in [0.5, 0.6) is 5.75 Å². The highest BCUT2D eigenvalue weighted by atomic mass is 16.5. The van der Waals surface area contributed by atoms with E-state index in [1.165, 1.54) is 0 Å². The lowest BCUT2D eigenvalue weighted by Gasteiger charge is -2.45. The van der Waals surface area contributed by atoms with Gasteiger partial charge in [-0.05, 0) is 43.0 Å². The number of carbonyl (C=O) groups excluding carboxylic acids is 3. The second-order valence-corrected chi connectivity index (χ2v) is 9.77. The summed E-state index contributed by atoms with van der Waals surface area (Å²) in [5.41, 5.74) is -0.400. The monoisotopic (exact) mass is 457 g/mol. The van der Waals surface area contributed by atoms with E-state index in [9.17, 15) is 14.4 Å². The van der Waals surface area contributed by atoms with E-state index in [0.29, 0.717) is 49.7 Å². The lowest BCUT2D eigenvalue weighted by Crippen LogP contribution is -2.60. The summed E-state index contributed by atoms with van der Waals surface area (Å²) in [6.45, 7) is 5.81. The van der Waals surface area contributed by atoms with Crippen molar-refractivity contribution in [1.82, 2.24) is 15.1 Å².